The molecule has 5 nitrogen and oxygen atoms in total. The van der Waals surface area contributed by atoms with Crippen molar-refractivity contribution in [3.63, 3.8) is 0 Å². The summed E-state index contributed by atoms with van der Waals surface area (Å²) in [6.07, 6.45) is 6.82. The van der Waals surface area contributed by atoms with Crippen LogP contribution in [0.2, 0.25) is 0 Å². The zero-order chi connectivity index (χ0) is 15.5. The predicted molar refractivity (Wildman–Crippen MR) is 88.1 cm³/mol. The molecule has 0 bridgehead atoms. The molecule has 2 aromatic rings. The second-order valence-corrected chi connectivity index (χ2v) is 6.37. The average molecular weight is 310 g/mol. The number of rotatable bonds is 4. The molecule has 0 radical (unpaired) electrons. The highest BCUT2D eigenvalue weighted by Gasteiger charge is 2.37. The van der Waals surface area contributed by atoms with Crippen LogP contribution in [0.3, 0.4) is 0 Å². The molecule has 2 aliphatic heterocycles. The quantitative estimate of drug-likeness (QED) is 0.861. The molecule has 0 amide bonds. The molecule has 4 heterocycles. The van der Waals surface area contributed by atoms with Gasteiger partial charge in [-0.15, -0.1) is 0 Å². The van der Waals surface area contributed by atoms with Gasteiger partial charge in [-0.3, -0.25) is 19.8 Å². The lowest BCUT2D eigenvalue weighted by Crippen LogP contribution is -2.49. The van der Waals surface area contributed by atoms with E-state index in [0.29, 0.717) is 6.04 Å². The Hall–Kier alpha value is -1.98. The van der Waals surface area contributed by atoms with Gasteiger partial charge in [0.15, 0.2) is 0 Å². The average Bonchev–Trinajstić information content (AvgIpc) is 2.98. The number of aromatic nitrogens is 2. The van der Waals surface area contributed by atoms with Crippen LogP contribution in [0.5, 0.6) is 5.75 Å². The van der Waals surface area contributed by atoms with Gasteiger partial charge in [0.25, 0.3) is 0 Å². The van der Waals surface area contributed by atoms with E-state index < -0.39 is 0 Å². The molecule has 0 unspecified atom stereocenters. The fraction of sp³-hybridized carbons (Fsp3) is 0.444. The van der Waals surface area contributed by atoms with Gasteiger partial charge in [-0.1, -0.05) is 6.07 Å². The van der Waals surface area contributed by atoms with Crippen LogP contribution >= 0.6 is 0 Å². The first kappa shape index (κ1) is 14.6. The first-order valence-electron chi connectivity index (χ1n) is 8.30. The number of pyridine rings is 2. The van der Waals surface area contributed by atoms with Crippen molar-refractivity contribution in [3.05, 3.63) is 54.6 Å². The minimum Gasteiger partial charge on any atom is -0.487 e. The second-order valence-electron chi connectivity index (χ2n) is 6.37. The molecule has 2 fully saturated rings. The van der Waals surface area contributed by atoms with Crippen LogP contribution in [0, 0.1) is 0 Å². The molecular weight excluding hydrogens is 288 g/mol. The van der Waals surface area contributed by atoms with Crippen LogP contribution in [0.4, 0.5) is 0 Å². The van der Waals surface area contributed by atoms with Crippen molar-refractivity contribution < 1.29 is 4.74 Å². The second kappa shape index (κ2) is 6.64. The monoisotopic (exact) mass is 310 g/mol. The molecule has 0 aromatic carbocycles. The van der Waals surface area contributed by atoms with Crippen molar-refractivity contribution in [1.82, 2.24) is 19.8 Å². The predicted octanol–water partition coefficient (Wildman–Crippen LogP) is 1.81. The fourth-order valence-electron chi connectivity index (χ4n) is 3.62. The maximum atomic E-state index is 6.09. The molecule has 23 heavy (non-hydrogen) atoms. The normalized spacial score (nSPS) is 25.2. The summed E-state index contributed by atoms with van der Waals surface area (Å²) in [6, 6.07) is 10.6. The Morgan fingerprint density at radius 3 is 2.91 bits per heavy atom. The van der Waals surface area contributed by atoms with Crippen molar-refractivity contribution >= 4 is 0 Å². The Bertz CT molecular complexity index is 582. The first-order valence-corrected chi connectivity index (χ1v) is 8.30. The van der Waals surface area contributed by atoms with E-state index in [2.05, 4.69) is 31.9 Å². The summed E-state index contributed by atoms with van der Waals surface area (Å²) in [4.78, 5) is 13.6. The van der Waals surface area contributed by atoms with Crippen LogP contribution in [-0.2, 0) is 6.54 Å². The summed E-state index contributed by atoms with van der Waals surface area (Å²) in [5.74, 6) is 0.877. The molecule has 120 valence electrons. The van der Waals surface area contributed by atoms with E-state index in [-0.39, 0.29) is 6.10 Å². The maximum absolute atomic E-state index is 6.09. The molecule has 0 saturated carbocycles. The minimum atomic E-state index is 0.277. The van der Waals surface area contributed by atoms with E-state index in [4.69, 9.17) is 4.74 Å². The molecule has 0 spiro atoms. The SMILES string of the molecule is c1ccc(CN2CCN3C[C@H](Oc4cccnc4)C[C@H]3C2)nc1. The summed E-state index contributed by atoms with van der Waals surface area (Å²) in [7, 11) is 0. The Labute approximate surface area is 136 Å². The molecule has 2 aromatic heterocycles. The van der Waals surface area contributed by atoms with Crippen LogP contribution in [0.25, 0.3) is 0 Å². The Morgan fingerprint density at radius 1 is 1.09 bits per heavy atom. The van der Waals surface area contributed by atoms with Crippen molar-refractivity contribution in [2.75, 3.05) is 26.2 Å². The Kier molecular flexibility index (Phi) is 4.22. The fourth-order valence-corrected chi connectivity index (χ4v) is 3.62. The highest BCUT2D eigenvalue weighted by molar-refractivity contribution is 5.16. The lowest BCUT2D eigenvalue weighted by atomic mass is 10.1. The van der Waals surface area contributed by atoms with Gasteiger partial charge in [-0.05, 0) is 24.3 Å². The van der Waals surface area contributed by atoms with Crippen LogP contribution in [0.15, 0.2) is 48.9 Å². The molecule has 4 rings (SSSR count). The number of nitrogens with zero attached hydrogens (tertiary/aromatic N) is 4. The summed E-state index contributed by atoms with van der Waals surface area (Å²) in [5.41, 5.74) is 1.15. The third-order valence-corrected chi connectivity index (χ3v) is 4.71. The van der Waals surface area contributed by atoms with Crippen LogP contribution in [-0.4, -0.2) is 58.1 Å². The van der Waals surface area contributed by atoms with Gasteiger partial charge >= 0.3 is 0 Å². The molecule has 2 aliphatic rings. The standard InChI is InChI=1S/C18H22N4O/c1-2-7-20-15(4-1)12-21-8-9-22-14-18(10-16(22)13-21)23-17-5-3-6-19-11-17/h1-7,11,16,18H,8-10,12-14H2/t16-,18+/m0/s1. The lowest BCUT2D eigenvalue weighted by Gasteiger charge is -2.36. The van der Waals surface area contributed by atoms with E-state index in [9.17, 15) is 0 Å². The minimum absolute atomic E-state index is 0.277. The maximum Gasteiger partial charge on any atom is 0.138 e. The Morgan fingerprint density at radius 2 is 2.09 bits per heavy atom. The number of piperazine rings is 1. The van der Waals surface area contributed by atoms with Gasteiger partial charge in [-0.25, -0.2) is 0 Å². The Balaban J connectivity index is 1.33. The highest BCUT2D eigenvalue weighted by atomic mass is 16.5. The summed E-state index contributed by atoms with van der Waals surface area (Å²) in [6.45, 7) is 5.29. The molecule has 0 aliphatic carbocycles. The smallest absolute Gasteiger partial charge is 0.138 e. The van der Waals surface area contributed by atoms with Crippen LogP contribution < -0.4 is 4.74 Å². The van der Waals surface area contributed by atoms with Gasteiger partial charge in [0.1, 0.15) is 11.9 Å². The first-order chi connectivity index (χ1) is 11.4. The topological polar surface area (TPSA) is 41.5 Å². The van der Waals surface area contributed by atoms with Crippen molar-refractivity contribution in [2.45, 2.75) is 25.1 Å². The number of hydrogen-bond acceptors (Lipinski definition) is 5. The van der Waals surface area contributed by atoms with E-state index >= 15 is 0 Å². The zero-order valence-electron chi connectivity index (χ0n) is 13.2. The van der Waals surface area contributed by atoms with E-state index in [1.54, 1.807) is 12.4 Å². The molecule has 2 atom stereocenters. The third kappa shape index (κ3) is 3.51. The zero-order valence-corrected chi connectivity index (χ0v) is 13.2. The summed E-state index contributed by atoms with van der Waals surface area (Å²) >= 11 is 0. The number of hydrogen-bond donors (Lipinski definition) is 0. The van der Waals surface area contributed by atoms with Crippen molar-refractivity contribution in [3.8, 4) is 5.75 Å². The molecule has 2 saturated heterocycles. The number of fused-ring (bicyclic) bond motifs is 1. The van der Waals surface area contributed by atoms with Gasteiger partial charge in [0.2, 0.25) is 0 Å². The van der Waals surface area contributed by atoms with E-state index in [0.717, 1.165) is 50.6 Å². The van der Waals surface area contributed by atoms with Gasteiger partial charge in [0, 0.05) is 57.6 Å². The third-order valence-electron chi connectivity index (χ3n) is 4.71. The number of ether oxygens (including phenoxy) is 1. The van der Waals surface area contributed by atoms with Gasteiger partial charge in [-0.2, -0.15) is 0 Å². The van der Waals surface area contributed by atoms with Crippen LogP contribution in [0.1, 0.15) is 12.1 Å². The van der Waals surface area contributed by atoms with Crippen molar-refractivity contribution in [2.24, 2.45) is 0 Å². The van der Waals surface area contributed by atoms with Gasteiger partial charge in [0.05, 0.1) is 11.9 Å². The molecule has 0 N–H and O–H groups in total. The lowest BCUT2D eigenvalue weighted by molar-refractivity contribution is 0.0969. The van der Waals surface area contributed by atoms with E-state index in [1.165, 1.54) is 0 Å². The highest BCUT2D eigenvalue weighted by Crippen LogP contribution is 2.26. The van der Waals surface area contributed by atoms with Gasteiger partial charge < -0.3 is 4.74 Å². The summed E-state index contributed by atoms with van der Waals surface area (Å²) in [5, 5.41) is 0. The molecule has 5 heteroatoms. The largest absolute Gasteiger partial charge is 0.487 e. The van der Waals surface area contributed by atoms with Crippen molar-refractivity contribution in [1.29, 1.82) is 0 Å². The summed E-state index contributed by atoms with van der Waals surface area (Å²) < 4.78 is 6.09. The molecular formula is C18H22N4O. The van der Waals surface area contributed by atoms with E-state index in [1.807, 2.05) is 24.4 Å².